The highest BCUT2D eigenvalue weighted by molar-refractivity contribution is 7.13. The average Bonchev–Trinajstić information content (AvgIpc) is 3.50. The molecule has 3 amide bonds. The van der Waals surface area contributed by atoms with Crippen LogP contribution in [0.4, 0.5) is 23.8 Å². The van der Waals surface area contributed by atoms with E-state index in [1.807, 2.05) is 4.57 Å². The number of hydrogen-bond acceptors (Lipinski definition) is 7. The van der Waals surface area contributed by atoms with E-state index in [-0.39, 0.29) is 16.4 Å². The second-order valence-electron chi connectivity index (χ2n) is 10.8. The van der Waals surface area contributed by atoms with Crippen LogP contribution < -0.4 is 21.4 Å². The lowest BCUT2D eigenvalue weighted by molar-refractivity contribution is -0.140. The molecular formula is C30H32F3N7O3S. The van der Waals surface area contributed by atoms with Crippen molar-refractivity contribution in [3.63, 3.8) is 0 Å². The second kappa shape index (κ2) is 12.7. The SMILES string of the molecule is CCNC(=O)Nc1cc(-c2nc(C(F)(F)F)cs2)c(-c2ccc3c(c2)c(=O)c(C(=O)N(C)C)cn3C[C@H]2CCCNC2)cn1. The van der Waals surface area contributed by atoms with Gasteiger partial charge in [0.15, 0.2) is 5.69 Å². The number of amides is 3. The molecule has 0 bridgehead atoms. The zero-order valence-corrected chi connectivity index (χ0v) is 25.2. The van der Waals surface area contributed by atoms with Crippen LogP contribution in [0.25, 0.3) is 32.6 Å². The number of piperidine rings is 1. The summed E-state index contributed by atoms with van der Waals surface area (Å²) in [4.78, 5) is 48.4. The normalized spacial score (nSPS) is 15.3. The topological polar surface area (TPSA) is 121 Å². The van der Waals surface area contributed by atoms with Crippen molar-refractivity contribution in [1.82, 2.24) is 30.1 Å². The van der Waals surface area contributed by atoms with Crippen molar-refractivity contribution in [3.8, 4) is 21.7 Å². The maximum atomic E-state index is 13.7. The van der Waals surface area contributed by atoms with Crippen molar-refractivity contribution in [1.29, 1.82) is 0 Å². The minimum Gasteiger partial charge on any atom is -0.346 e. The number of pyridine rings is 2. The summed E-state index contributed by atoms with van der Waals surface area (Å²) >= 11 is 0.805. The predicted octanol–water partition coefficient (Wildman–Crippen LogP) is 5.05. The minimum absolute atomic E-state index is 0.0259. The van der Waals surface area contributed by atoms with E-state index in [0.717, 1.165) is 42.6 Å². The summed E-state index contributed by atoms with van der Waals surface area (Å²) in [6.07, 6.45) is 0.443. The number of fused-ring (bicyclic) bond motifs is 1. The molecule has 4 aromatic rings. The van der Waals surface area contributed by atoms with Crippen LogP contribution in [0.15, 0.2) is 46.8 Å². The smallest absolute Gasteiger partial charge is 0.346 e. The third-order valence-electron chi connectivity index (χ3n) is 7.39. The van der Waals surface area contributed by atoms with Crippen molar-refractivity contribution in [2.24, 2.45) is 5.92 Å². The number of anilines is 1. The van der Waals surface area contributed by atoms with Gasteiger partial charge in [-0.15, -0.1) is 11.3 Å². The van der Waals surface area contributed by atoms with Crippen LogP contribution in [0.5, 0.6) is 0 Å². The van der Waals surface area contributed by atoms with E-state index in [1.54, 1.807) is 45.4 Å². The Bertz CT molecular complexity index is 1760. The molecule has 3 aromatic heterocycles. The first-order valence-corrected chi connectivity index (χ1v) is 15.0. The Morgan fingerprint density at radius 2 is 2.00 bits per heavy atom. The van der Waals surface area contributed by atoms with Gasteiger partial charge in [0, 0.05) is 61.5 Å². The summed E-state index contributed by atoms with van der Waals surface area (Å²) in [5.74, 6) is -0.00471. The fraction of sp³-hybridized carbons (Fsp3) is 0.367. The van der Waals surface area contributed by atoms with E-state index >= 15 is 0 Å². The van der Waals surface area contributed by atoms with Gasteiger partial charge in [0.1, 0.15) is 16.4 Å². The molecule has 1 aliphatic heterocycles. The second-order valence-corrected chi connectivity index (χ2v) is 11.7. The Kier molecular flexibility index (Phi) is 9.02. The van der Waals surface area contributed by atoms with Crippen molar-refractivity contribution in [2.75, 3.05) is 39.0 Å². The summed E-state index contributed by atoms with van der Waals surface area (Å²) < 4.78 is 42.3. The zero-order chi connectivity index (χ0) is 31.6. The fourth-order valence-corrected chi connectivity index (χ4v) is 6.10. The number of urea groups is 1. The number of halogens is 3. The number of nitrogens with one attached hydrogen (secondary N) is 3. The quantitative estimate of drug-likeness (QED) is 0.264. The average molecular weight is 628 g/mol. The number of nitrogens with zero attached hydrogens (tertiary/aromatic N) is 4. The molecule has 0 radical (unpaired) electrons. The number of benzene rings is 1. The van der Waals surface area contributed by atoms with Gasteiger partial charge in [-0.3, -0.25) is 14.9 Å². The van der Waals surface area contributed by atoms with E-state index in [1.165, 1.54) is 17.2 Å². The number of thiazole rings is 1. The first-order valence-electron chi connectivity index (χ1n) is 14.1. The number of aromatic nitrogens is 3. The molecule has 4 heterocycles. The van der Waals surface area contributed by atoms with E-state index in [4.69, 9.17) is 0 Å². The van der Waals surface area contributed by atoms with Gasteiger partial charge in [0.25, 0.3) is 5.91 Å². The largest absolute Gasteiger partial charge is 0.434 e. The van der Waals surface area contributed by atoms with E-state index in [9.17, 15) is 27.6 Å². The van der Waals surface area contributed by atoms with Gasteiger partial charge in [-0.25, -0.2) is 14.8 Å². The molecular weight excluding hydrogens is 595 g/mol. The first-order chi connectivity index (χ1) is 21.0. The summed E-state index contributed by atoms with van der Waals surface area (Å²) in [6, 6.07) is 6.11. The number of carbonyl (C=O) groups is 2. The van der Waals surface area contributed by atoms with Crippen LogP contribution in [0, 0.1) is 5.92 Å². The summed E-state index contributed by atoms with van der Waals surface area (Å²) in [7, 11) is 3.16. The van der Waals surface area contributed by atoms with Crippen LogP contribution in [0.3, 0.4) is 0 Å². The molecule has 0 aliphatic carbocycles. The lowest BCUT2D eigenvalue weighted by Gasteiger charge is -2.25. The molecule has 1 aromatic carbocycles. The van der Waals surface area contributed by atoms with Gasteiger partial charge in [0.2, 0.25) is 5.43 Å². The molecule has 5 rings (SSSR count). The number of alkyl halides is 3. The van der Waals surface area contributed by atoms with Crippen LogP contribution in [0.1, 0.15) is 35.8 Å². The van der Waals surface area contributed by atoms with Crippen LogP contribution in [-0.2, 0) is 12.7 Å². The maximum Gasteiger partial charge on any atom is 0.434 e. The molecule has 44 heavy (non-hydrogen) atoms. The Morgan fingerprint density at radius 3 is 2.66 bits per heavy atom. The van der Waals surface area contributed by atoms with Crippen LogP contribution in [-0.4, -0.2) is 65.1 Å². The number of hydrogen-bond donors (Lipinski definition) is 3. The minimum atomic E-state index is -4.64. The molecule has 1 fully saturated rings. The maximum absolute atomic E-state index is 13.7. The van der Waals surface area contributed by atoms with Crippen molar-refractivity contribution in [2.45, 2.75) is 32.5 Å². The first kappa shape index (κ1) is 31.1. The Hall–Kier alpha value is -4.30. The highest BCUT2D eigenvalue weighted by Gasteiger charge is 2.34. The van der Waals surface area contributed by atoms with E-state index in [0.29, 0.717) is 46.6 Å². The standard InChI is InChI=1S/C30H32F3N7O3S/c1-4-35-29(43)38-25-11-19(27-37-24(16-44-27)30(31,32)33)21(13-36-25)18-7-8-23-20(10-18)26(41)22(28(42)39(2)3)15-40(23)14-17-6-5-9-34-12-17/h7-8,10-11,13,15-17,34H,4-6,9,12,14H2,1-3H3,(H2,35,36,38,43)/t17-/m0/s1. The third-order valence-corrected chi connectivity index (χ3v) is 8.27. The van der Waals surface area contributed by atoms with Crippen molar-refractivity contribution in [3.05, 3.63) is 63.5 Å². The Balaban J connectivity index is 1.67. The Morgan fingerprint density at radius 1 is 1.20 bits per heavy atom. The molecule has 3 N–H and O–H groups in total. The molecule has 1 saturated heterocycles. The molecule has 1 aliphatic rings. The Labute approximate surface area is 255 Å². The lowest BCUT2D eigenvalue weighted by Crippen LogP contribution is -2.33. The lowest BCUT2D eigenvalue weighted by atomic mass is 9.97. The molecule has 0 spiro atoms. The molecule has 10 nitrogen and oxygen atoms in total. The van der Waals surface area contributed by atoms with Crippen molar-refractivity contribution >= 4 is 40.0 Å². The summed E-state index contributed by atoms with van der Waals surface area (Å²) in [5.41, 5.74) is 0.366. The molecule has 1 atom stereocenters. The monoisotopic (exact) mass is 627 g/mol. The molecule has 232 valence electrons. The number of carbonyl (C=O) groups excluding carboxylic acids is 2. The van der Waals surface area contributed by atoms with Crippen LogP contribution in [0.2, 0.25) is 0 Å². The highest BCUT2D eigenvalue weighted by Crippen LogP contribution is 2.39. The third kappa shape index (κ3) is 6.60. The molecule has 0 saturated carbocycles. The van der Waals surface area contributed by atoms with Gasteiger partial charge in [-0.2, -0.15) is 13.2 Å². The van der Waals surface area contributed by atoms with Gasteiger partial charge in [0.05, 0.1) is 5.52 Å². The zero-order valence-electron chi connectivity index (χ0n) is 24.4. The number of rotatable bonds is 7. The summed E-state index contributed by atoms with van der Waals surface area (Å²) in [6.45, 7) is 4.48. The van der Waals surface area contributed by atoms with Gasteiger partial charge >= 0.3 is 12.2 Å². The molecule has 14 heteroatoms. The van der Waals surface area contributed by atoms with E-state index < -0.39 is 29.2 Å². The van der Waals surface area contributed by atoms with Gasteiger partial charge in [-0.1, -0.05) is 6.07 Å². The van der Waals surface area contributed by atoms with Gasteiger partial charge in [-0.05, 0) is 62.5 Å². The predicted molar refractivity (Wildman–Crippen MR) is 164 cm³/mol. The van der Waals surface area contributed by atoms with E-state index in [2.05, 4.69) is 25.9 Å². The highest BCUT2D eigenvalue weighted by atomic mass is 32.1. The fourth-order valence-electron chi connectivity index (χ4n) is 5.25. The molecule has 0 unspecified atom stereocenters. The van der Waals surface area contributed by atoms with Crippen molar-refractivity contribution < 1.29 is 22.8 Å². The van der Waals surface area contributed by atoms with Crippen LogP contribution >= 0.6 is 11.3 Å². The van der Waals surface area contributed by atoms with Gasteiger partial charge < -0.3 is 20.1 Å². The summed E-state index contributed by atoms with van der Waals surface area (Å²) in [5, 5.41) is 9.84.